The van der Waals surface area contributed by atoms with Gasteiger partial charge in [-0.1, -0.05) is 63.6 Å². The van der Waals surface area contributed by atoms with Crippen molar-refractivity contribution >= 4 is 43.8 Å². The molecule has 1 aromatic heterocycles. The molecule has 4 aromatic carbocycles. The van der Waals surface area contributed by atoms with Crippen LogP contribution in [0.2, 0.25) is 0 Å². The van der Waals surface area contributed by atoms with Gasteiger partial charge in [0.05, 0.1) is 0 Å². The van der Waals surface area contributed by atoms with Crippen molar-refractivity contribution in [1.82, 2.24) is 0 Å². The Labute approximate surface area is 247 Å². The smallest absolute Gasteiger partial charge is 0.273 e. The van der Waals surface area contributed by atoms with E-state index in [9.17, 15) is 0 Å². The normalized spacial score (nSPS) is 17.2. The number of thiophene rings is 1. The van der Waals surface area contributed by atoms with Gasteiger partial charge >= 0.3 is 0 Å². The largest absolute Gasteiger partial charge is 0.458 e. The van der Waals surface area contributed by atoms with E-state index in [0.29, 0.717) is 0 Å². The van der Waals surface area contributed by atoms with Crippen LogP contribution in [0.1, 0.15) is 68.4 Å². The summed E-state index contributed by atoms with van der Waals surface area (Å²) in [6.45, 7) is 16.3. The molecule has 2 nitrogen and oxygen atoms in total. The molecule has 4 heteroatoms. The molecule has 5 aromatic rings. The molecule has 2 aliphatic heterocycles. The van der Waals surface area contributed by atoms with Crippen LogP contribution in [0, 0.1) is 20.8 Å². The molecule has 204 valence electrons. The summed E-state index contributed by atoms with van der Waals surface area (Å²) < 4.78 is 16.4. The van der Waals surface area contributed by atoms with E-state index in [1.165, 1.54) is 66.5 Å². The van der Waals surface area contributed by atoms with Crippen LogP contribution >= 0.6 is 11.3 Å². The maximum Gasteiger partial charge on any atom is 0.273 e. The zero-order valence-corrected chi connectivity index (χ0v) is 25.8. The standard InChI is InChI=1S/C37H35BO2S/c1-20-14-21(2)32(22(3)15-20)23-16-29-33-30(17-23)40-34-24-10-8-9-11-31(24)41-35(34)38(33)27-18-25-26(19-28(27)39-29)37(6,7)13-12-36(25,4)5/h8-11,14-19H,12-13H2,1-7H3. The van der Waals surface area contributed by atoms with E-state index < -0.39 is 0 Å². The third kappa shape index (κ3) is 3.56. The number of fused-ring (bicyclic) bond motifs is 7. The van der Waals surface area contributed by atoms with Crippen LogP contribution in [0.4, 0.5) is 0 Å². The van der Waals surface area contributed by atoms with Gasteiger partial charge in [0.25, 0.3) is 6.71 Å². The van der Waals surface area contributed by atoms with E-state index in [1.807, 2.05) is 11.3 Å². The quantitative estimate of drug-likeness (QED) is 0.189. The van der Waals surface area contributed by atoms with Gasteiger partial charge < -0.3 is 9.47 Å². The summed E-state index contributed by atoms with van der Waals surface area (Å²) in [7, 11) is 0. The first-order valence-electron chi connectivity index (χ1n) is 14.8. The minimum Gasteiger partial charge on any atom is -0.458 e. The highest BCUT2D eigenvalue weighted by Gasteiger charge is 2.45. The Bertz CT molecular complexity index is 1920. The number of hydrogen-bond donors (Lipinski definition) is 0. The van der Waals surface area contributed by atoms with Crippen molar-refractivity contribution in [3.8, 4) is 34.1 Å². The molecular formula is C37H35BO2S. The summed E-state index contributed by atoms with van der Waals surface area (Å²) in [5.41, 5.74) is 11.8. The fourth-order valence-corrected chi connectivity index (χ4v) is 9.01. The van der Waals surface area contributed by atoms with Crippen molar-refractivity contribution in [2.75, 3.05) is 0 Å². The SMILES string of the molecule is Cc1cc(C)c(-c2cc3c4c(c2)Oc2c(sc5ccccc25)B4c2cc4c(cc2O3)C(C)(C)CCC4(C)C)c(C)c1. The molecule has 1 aliphatic carbocycles. The van der Waals surface area contributed by atoms with Crippen LogP contribution in [0.15, 0.2) is 60.7 Å². The molecule has 41 heavy (non-hydrogen) atoms. The van der Waals surface area contributed by atoms with Crippen LogP contribution in [-0.4, -0.2) is 6.71 Å². The second kappa shape index (κ2) is 8.29. The van der Waals surface area contributed by atoms with Crippen LogP contribution in [0.5, 0.6) is 23.0 Å². The summed E-state index contributed by atoms with van der Waals surface area (Å²) in [5, 5.41) is 1.19. The van der Waals surface area contributed by atoms with Crippen LogP contribution in [0.25, 0.3) is 21.2 Å². The zero-order chi connectivity index (χ0) is 28.4. The Morgan fingerprint density at radius 2 is 1.37 bits per heavy atom. The highest BCUT2D eigenvalue weighted by atomic mass is 32.1. The lowest BCUT2D eigenvalue weighted by Gasteiger charge is -2.43. The third-order valence-electron chi connectivity index (χ3n) is 9.92. The highest BCUT2D eigenvalue weighted by molar-refractivity contribution is 7.33. The van der Waals surface area contributed by atoms with Gasteiger partial charge in [-0.2, -0.15) is 0 Å². The first-order valence-corrected chi connectivity index (χ1v) is 15.7. The molecule has 0 radical (unpaired) electrons. The lowest BCUT2D eigenvalue weighted by Crippen LogP contribution is -2.57. The molecule has 0 bridgehead atoms. The maximum absolute atomic E-state index is 6.93. The Morgan fingerprint density at radius 1 is 0.732 bits per heavy atom. The lowest BCUT2D eigenvalue weighted by atomic mass is 9.37. The molecule has 0 fully saturated rings. The van der Waals surface area contributed by atoms with Gasteiger partial charge in [0, 0.05) is 20.3 Å². The zero-order valence-electron chi connectivity index (χ0n) is 25.0. The van der Waals surface area contributed by atoms with E-state index in [2.05, 4.69) is 109 Å². The molecule has 0 atom stereocenters. The van der Waals surface area contributed by atoms with E-state index in [1.54, 1.807) is 0 Å². The van der Waals surface area contributed by atoms with E-state index >= 15 is 0 Å². The Morgan fingerprint density at radius 3 is 2.07 bits per heavy atom. The molecule has 0 spiro atoms. The molecule has 3 aliphatic rings. The van der Waals surface area contributed by atoms with Gasteiger partial charge in [0.1, 0.15) is 23.0 Å². The van der Waals surface area contributed by atoms with Crippen molar-refractivity contribution < 1.29 is 9.47 Å². The molecule has 0 saturated heterocycles. The molecule has 0 N–H and O–H groups in total. The number of ether oxygens (including phenoxy) is 2. The van der Waals surface area contributed by atoms with E-state index in [0.717, 1.165) is 34.0 Å². The summed E-state index contributed by atoms with van der Waals surface area (Å²) in [5.74, 6) is 3.85. The number of rotatable bonds is 1. The van der Waals surface area contributed by atoms with Gasteiger partial charge in [0.2, 0.25) is 0 Å². The predicted molar refractivity (Wildman–Crippen MR) is 174 cm³/mol. The molecule has 3 heterocycles. The Kier molecular flexibility index (Phi) is 5.10. The number of hydrogen-bond acceptors (Lipinski definition) is 3. The second-order valence-electron chi connectivity index (χ2n) is 13.8. The molecule has 0 unspecified atom stereocenters. The maximum atomic E-state index is 6.93. The average molecular weight is 555 g/mol. The Hall–Kier alpha value is -3.50. The fraction of sp³-hybridized carbons (Fsp3) is 0.297. The van der Waals surface area contributed by atoms with Crippen molar-refractivity contribution in [2.45, 2.75) is 72.1 Å². The van der Waals surface area contributed by atoms with E-state index in [-0.39, 0.29) is 17.5 Å². The molecule has 0 saturated carbocycles. The summed E-state index contributed by atoms with van der Waals surface area (Å²) in [6, 6.07) is 22.6. The Balaban J connectivity index is 1.43. The first-order chi connectivity index (χ1) is 19.5. The minimum atomic E-state index is 0.0882. The second-order valence-corrected chi connectivity index (χ2v) is 14.9. The third-order valence-corrected chi connectivity index (χ3v) is 11.1. The average Bonchev–Trinajstić information content (AvgIpc) is 3.28. The molecule has 0 amide bonds. The van der Waals surface area contributed by atoms with Gasteiger partial charge in [-0.05, 0) is 114 Å². The van der Waals surface area contributed by atoms with Crippen molar-refractivity contribution in [3.05, 3.63) is 88.5 Å². The summed E-state index contributed by atoms with van der Waals surface area (Å²) in [4.78, 5) is 0. The van der Waals surface area contributed by atoms with Gasteiger partial charge in [-0.25, -0.2) is 0 Å². The van der Waals surface area contributed by atoms with Gasteiger partial charge in [-0.15, -0.1) is 11.3 Å². The van der Waals surface area contributed by atoms with Crippen LogP contribution in [-0.2, 0) is 10.8 Å². The molecular weight excluding hydrogens is 519 g/mol. The highest BCUT2D eigenvalue weighted by Crippen LogP contribution is 2.49. The monoisotopic (exact) mass is 554 g/mol. The number of benzene rings is 4. The summed E-state index contributed by atoms with van der Waals surface area (Å²) >= 11 is 1.87. The van der Waals surface area contributed by atoms with Crippen LogP contribution < -0.4 is 25.2 Å². The summed E-state index contributed by atoms with van der Waals surface area (Å²) in [6.07, 6.45) is 2.37. The fourth-order valence-electron chi connectivity index (χ4n) is 7.75. The number of aryl methyl sites for hydroxylation is 3. The minimum absolute atomic E-state index is 0.0882. The van der Waals surface area contributed by atoms with E-state index in [4.69, 9.17) is 9.47 Å². The van der Waals surface area contributed by atoms with Gasteiger partial charge in [-0.3, -0.25) is 0 Å². The topological polar surface area (TPSA) is 18.5 Å². The first kappa shape index (κ1) is 25.2. The molecule has 8 rings (SSSR count). The van der Waals surface area contributed by atoms with Crippen molar-refractivity contribution in [1.29, 1.82) is 0 Å². The van der Waals surface area contributed by atoms with Crippen LogP contribution in [0.3, 0.4) is 0 Å². The van der Waals surface area contributed by atoms with Crippen molar-refractivity contribution in [2.24, 2.45) is 0 Å². The van der Waals surface area contributed by atoms with Gasteiger partial charge in [0.15, 0.2) is 0 Å². The van der Waals surface area contributed by atoms with Crippen molar-refractivity contribution in [3.63, 3.8) is 0 Å². The predicted octanol–water partition coefficient (Wildman–Crippen LogP) is 8.57. The lowest BCUT2D eigenvalue weighted by molar-refractivity contribution is 0.330.